The normalized spacial score (nSPS) is 14.1. The monoisotopic (exact) mass is 308 g/mol. The summed E-state index contributed by atoms with van der Waals surface area (Å²) < 4.78 is 2.28. The topological polar surface area (TPSA) is 8.17 Å². The summed E-state index contributed by atoms with van der Waals surface area (Å²) in [6.07, 6.45) is 2.32. The molecule has 1 aromatic heterocycles. The van der Waals surface area contributed by atoms with Crippen molar-refractivity contribution >= 4 is 40.0 Å². The first-order valence-electron chi connectivity index (χ1n) is 7.40. The van der Waals surface area contributed by atoms with Crippen LogP contribution >= 0.6 is 11.6 Å². The highest BCUT2D eigenvalue weighted by atomic mass is 35.5. The van der Waals surface area contributed by atoms with Gasteiger partial charge < -0.3 is 9.47 Å². The smallest absolute Gasteiger partial charge is 0.116 e. The Morgan fingerprint density at radius 1 is 0.955 bits per heavy atom. The van der Waals surface area contributed by atoms with Crippen molar-refractivity contribution in [3.05, 3.63) is 64.7 Å². The van der Waals surface area contributed by atoms with E-state index >= 15 is 0 Å². The van der Waals surface area contributed by atoms with Crippen molar-refractivity contribution in [1.82, 2.24) is 4.57 Å². The van der Waals surface area contributed by atoms with Crippen LogP contribution in [0.3, 0.4) is 0 Å². The summed E-state index contributed by atoms with van der Waals surface area (Å²) in [5, 5.41) is 2.08. The second kappa shape index (κ2) is 4.92. The van der Waals surface area contributed by atoms with E-state index in [1.165, 1.54) is 33.4 Å². The maximum absolute atomic E-state index is 6.01. The van der Waals surface area contributed by atoms with Gasteiger partial charge in [0.2, 0.25) is 0 Å². The zero-order valence-corrected chi connectivity index (χ0v) is 13.4. The van der Waals surface area contributed by atoms with Crippen LogP contribution in [0.25, 0.3) is 22.6 Å². The molecule has 0 amide bonds. The number of hydrogen-bond donors (Lipinski definition) is 0. The van der Waals surface area contributed by atoms with Gasteiger partial charge in [0.25, 0.3) is 0 Å². The Hall–Kier alpha value is -2.19. The predicted octanol–water partition coefficient (Wildman–Crippen LogP) is 4.82. The molecule has 0 radical (unpaired) electrons. The van der Waals surface area contributed by atoms with E-state index in [0.717, 1.165) is 11.6 Å². The largest absolute Gasteiger partial charge is 0.356 e. The standard InChI is InChI=1S/C19H17ClN2/c1-21-12-14(13-7-9-15(20)10-8-13)11-17-16-5-3-4-6-18(16)22(2)19(17)21/h3-11H,12H2,1-2H3. The second-order valence-electron chi connectivity index (χ2n) is 5.85. The molecular weight excluding hydrogens is 292 g/mol. The van der Waals surface area contributed by atoms with Gasteiger partial charge >= 0.3 is 0 Å². The molecule has 0 saturated carbocycles. The van der Waals surface area contributed by atoms with Crippen molar-refractivity contribution < 1.29 is 0 Å². The van der Waals surface area contributed by atoms with E-state index in [0.29, 0.717) is 0 Å². The Labute approximate surface area is 135 Å². The van der Waals surface area contributed by atoms with Crippen LogP contribution in [0.2, 0.25) is 5.02 Å². The third-order valence-electron chi connectivity index (χ3n) is 4.42. The summed E-state index contributed by atoms with van der Waals surface area (Å²) in [6.45, 7) is 0.902. The minimum Gasteiger partial charge on any atom is -0.356 e. The number of rotatable bonds is 1. The Morgan fingerprint density at radius 2 is 1.68 bits per heavy atom. The molecule has 2 heterocycles. The molecule has 2 aromatic carbocycles. The lowest BCUT2D eigenvalue weighted by atomic mass is 9.99. The molecule has 0 fully saturated rings. The fourth-order valence-electron chi connectivity index (χ4n) is 3.40. The number of likely N-dealkylation sites (N-methyl/N-ethyl adjacent to an activating group) is 1. The first-order valence-corrected chi connectivity index (χ1v) is 7.78. The highest BCUT2D eigenvalue weighted by Crippen LogP contribution is 2.38. The van der Waals surface area contributed by atoms with E-state index in [1.54, 1.807) is 0 Å². The number of fused-ring (bicyclic) bond motifs is 3. The van der Waals surface area contributed by atoms with Gasteiger partial charge in [0.1, 0.15) is 5.82 Å². The molecule has 0 aliphatic carbocycles. The first-order chi connectivity index (χ1) is 10.6. The number of para-hydroxylation sites is 1. The summed E-state index contributed by atoms with van der Waals surface area (Å²) in [5.41, 5.74) is 5.13. The molecule has 3 aromatic rings. The van der Waals surface area contributed by atoms with Crippen molar-refractivity contribution in [2.45, 2.75) is 0 Å². The van der Waals surface area contributed by atoms with Gasteiger partial charge in [0, 0.05) is 42.1 Å². The molecule has 3 heteroatoms. The van der Waals surface area contributed by atoms with Crippen LogP contribution in [0.4, 0.5) is 5.82 Å². The van der Waals surface area contributed by atoms with E-state index < -0.39 is 0 Å². The fraction of sp³-hybridized carbons (Fsp3) is 0.158. The maximum Gasteiger partial charge on any atom is 0.116 e. The average molecular weight is 309 g/mol. The summed E-state index contributed by atoms with van der Waals surface area (Å²) in [5.74, 6) is 1.28. The van der Waals surface area contributed by atoms with Gasteiger partial charge in [-0.25, -0.2) is 0 Å². The molecule has 1 aliphatic heterocycles. The zero-order valence-electron chi connectivity index (χ0n) is 12.7. The van der Waals surface area contributed by atoms with Crippen LogP contribution in [0.5, 0.6) is 0 Å². The zero-order chi connectivity index (χ0) is 15.3. The average Bonchev–Trinajstić information content (AvgIpc) is 2.82. The molecule has 4 rings (SSSR count). The number of anilines is 1. The highest BCUT2D eigenvalue weighted by molar-refractivity contribution is 6.30. The van der Waals surface area contributed by atoms with Crippen LogP contribution in [0, 0.1) is 0 Å². The van der Waals surface area contributed by atoms with Crippen molar-refractivity contribution in [1.29, 1.82) is 0 Å². The lowest BCUT2D eigenvalue weighted by Crippen LogP contribution is -2.25. The first kappa shape index (κ1) is 13.5. The molecule has 22 heavy (non-hydrogen) atoms. The summed E-state index contributed by atoms with van der Waals surface area (Å²) in [4.78, 5) is 2.32. The van der Waals surface area contributed by atoms with Gasteiger partial charge in [0.15, 0.2) is 0 Å². The molecule has 0 unspecified atom stereocenters. The van der Waals surface area contributed by atoms with Crippen LogP contribution < -0.4 is 4.90 Å². The van der Waals surface area contributed by atoms with Crippen molar-refractivity contribution in [3.63, 3.8) is 0 Å². The van der Waals surface area contributed by atoms with Crippen LogP contribution in [-0.2, 0) is 7.05 Å². The van der Waals surface area contributed by atoms with Crippen LogP contribution in [0.1, 0.15) is 11.1 Å². The molecule has 0 spiro atoms. The molecule has 0 atom stereocenters. The number of hydrogen-bond acceptors (Lipinski definition) is 1. The molecule has 0 saturated heterocycles. The van der Waals surface area contributed by atoms with E-state index in [-0.39, 0.29) is 0 Å². The highest BCUT2D eigenvalue weighted by Gasteiger charge is 2.22. The van der Waals surface area contributed by atoms with E-state index in [2.05, 4.69) is 66.0 Å². The third-order valence-corrected chi connectivity index (χ3v) is 4.67. The Bertz CT molecular complexity index is 888. The van der Waals surface area contributed by atoms with E-state index in [4.69, 9.17) is 11.6 Å². The molecule has 0 bridgehead atoms. The van der Waals surface area contributed by atoms with Gasteiger partial charge in [-0.3, -0.25) is 0 Å². The lowest BCUT2D eigenvalue weighted by Gasteiger charge is -2.27. The minimum atomic E-state index is 0.777. The van der Waals surface area contributed by atoms with Crippen molar-refractivity contribution in [2.75, 3.05) is 18.5 Å². The Balaban J connectivity index is 1.94. The molecule has 1 aliphatic rings. The minimum absolute atomic E-state index is 0.777. The number of halogens is 1. The summed E-state index contributed by atoms with van der Waals surface area (Å²) in [7, 11) is 4.29. The van der Waals surface area contributed by atoms with Gasteiger partial charge in [-0.15, -0.1) is 0 Å². The summed E-state index contributed by atoms with van der Waals surface area (Å²) in [6, 6.07) is 16.7. The van der Waals surface area contributed by atoms with Gasteiger partial charge in [-0.1, -0.05) is 41.9 Å². The Morgan fingerprint density at radius 3 is 2.45 bits per heavy atom. The Kier molecular flexibility index (Phi) is 3.02. The van der Waals surface area contributed by atoms with Gasteiger partial charge in [0.05, 0.1) is 0 Å². The van der Waals surface area contributed by atoms with Crippen LogP contribution in [0.15, 0.2) is 48.5 Å². The molecule has 110 valence electrons. The molecule has 2 nitrogen and oxygen atoms in total. The predicted molar refractivity (Wildman–Crippen MR) is 95.5 cm³/mol. The summed E-state index contributed by atoms with van der Waals surface area (Å²) >= 11 is 6.01. The van der Waals surface area contributed by atoms with Gasteiger partial charge in [-0.05, 0) is 35.4 Å². The van der Waals surface area contributed by atoms with Gasteiger partial charge in [-0.2, -0.15) is 0 Å². The third kappa shape index (κ3) is 1.95. The van der Waals surface area contributed by atoms with Crippen molar-refractivity contribution in [2.24, 2.45) is 7.05 Å². The second-order valence-corrected chi connectivity index (χ2v) is 6.28. The maximum atomic E-state index is 6.01. The fourth-order valence-corrected chi connectivity index (χ4v) is 3.53. The molecular formula is C19H17ClN2. The van der Waals surface area contributed by atoms with Crippen LogP contribution in [-0.4, -0.2) is 18.2 Å². The lowest BCUT2D eigenvalue weighted by molar-refractivity contribution is 0.886. The van der Waals surface area contributed by atoms with E-state index in [1.807, 2.05) is 12.1 Å². The van der Waals surface area contributed by atoms with Crippen molar-refractivity contribution in [3.8, 4) is 0 Å². The number of nitrogens with zero attached hydrogens (tertiary/aromatic N) is 2. The number of benzene rings is 2. The van der Waals surface area contributed by atoms with E-state index in [9.17, 15) is 0 Å². The number of aryl methyl sites for hydroxylation is 1. The number of aromatic nitrogens is 1. The molecule has 0 N–H and O–H groups in total. The quantitative estimate of drug-likeness (QED) is 0.625. The SMILES string of the molecule is CN1CC(c2ccc(Cl)cc2)=Cc2c1n(C)c1ccccc21.